The second-order valence-electron chi connectivity index (χ2n) is 7.91. The monoisotopic (exact) mass is 454 g/mol. The minimum absolute atomic E-state index is 0.00360. The molecule has 3 aromatic rings. The van der Waals surface area contributed by atoms with Gasteiger partial charge in [0.25, 0.3) is 5.91 Å². The summed E-state index contributed by atoms with van der Waals surface area (Å²) in [7, 11) is 0. The Morgan fingerprint density at radius 3 is 2.61 bits per heavy atom. The maximum Gasteiger partial charge on any atom is 0.255 e. The Bertz CT molecular complexity index is 1140. The van der Waals surface area contributed by atoms with Crippen LogP contribution in [0.5, 0.6) is 0 Å². The van der Waals surface area contributed by atoms with Crippen molar-refractivity contribution in [2.75, 3.05) is 5.32 Å². The maximum absolute atomic E-state index is 13.1. The first-order valence-corrected chi connectivity index (χ1v) is 11.9. The molecule has 0 aliphatic carbocycles. The molecule has 8 nitrogen and oxygen atoms in total. The van der Waals surface area contributed by atoms with Gasteiger partial charge < -0.3 is 15.4 Å². The second-order valence-corrected chi connectivity index (χ2v) is 9.98. The summed E-state index contributed by atoms with van der Waals surface area (Å²) in [5.41, 5.74) is 3.27. The van der Waals surface area contributed by atoms with Crippen LogP contribution in [-0.4, -0.2) is 48.8 Å². The molecule has 2 fully saturated rings. The molecule has 2 N–H and O–H groups in total. The topological polar surface area (TPSA) is 104 Å². The van der Waals surface area contributed by atoms with E-state index in [0.717, 1.165) is 45.0 Å². The lowest BCUT2D eigenvalue weighted by molar-refractivity contribution is 0.0655. The molecule has 10 heteroatoms. The first-order chi connectivity index (χ1) is 15.0. The van der Waals surface area contributed by atoms with Crippen molar-refractivity contribution in [1.82, 2.24) is 19.9 Å². The average molecular weight is 455 g/mol. The molecule has 0 unspecified atom stereocenters. The van der Waals surface area contributed by atoms with Gasteiger partial charge in [-0.15, -0.1) is 22.7 Å². The van der Waals surface area contributed by atoms with Crippen LogP contribution >= 0.6 is 22.7 Å². The van der Waals surface area contributed by atoms with E-state index in [1.165, 1.54) is 11.3 Å². The number of hydrogen-bond donors (Lipinski definition) is 2. The lowest BCUT2D eigenvalue weighted by Crippen LogP contribution is -2.46. The Morgan fingerprint density at radius 1 is 1.23 bits per heavy atom. The fraction of sp³-hybridized carbons (Fsp3) is 0.381. The molecular formula is C21H22N6O2S2. The molecule has 0 aromatic carbocycles. The van der Waals surface area contributed by atoms with E-state index in [4.69, 9.17) is 5.21 Å². The Kier molecular flexibility index (Phi) is 5.19. The summed E-state index contributed by atoms with van der Waals surface area (Å²) in [6.45, 7) is 3.99. The van der Waals surface area contributed by atoms with Crippen LogP contribution in [0.15, 0.2) is 28.9 Å². The first-order valence-electron chi connectivity index (χ1n) is 10.2. The number of nitrogens with zero attached hydrogens (tertiary/aromatic N) is 5. The van der Waals surface area contributed by atoms with Crippen LogP contribution in [0, 0.1) is 13.8 Å². The van der Waals surface area contributed by atoms with E-state index in [0.29, 0.717) is 24.2 Å². The van der Waals surface area contributed by atoms with Crippen LogP contribution in [0.25, 0.3) is 10.6 Å². The van der Waals surface area contributed by atoms with Crippen molar-refractivity contribution in [3.63, 3.8) is 0 Å². The minimum atomic E-state index is -0.00360. The quantitative estimate of drug-likeness (QED) is 0.440. The number of carbonyl (C=O) groups is 1. The smallest absolute Gasteiger partial charge is 0.255 e. The zero-order chi connectivity index (χ0) is 21.5. The van der Waals surface area contributed by atoms with Crippen LogP contribution in [-0.2, 0) is 0 Å². The highest BCUT2D eigenvalue weighted by molar-refractivity contribution is 7.16. The molecule has 2 bridgehead atoms. The fourth-order valence-corrected chi connectivity index (χ4v) is 6.12. The number of pyridine rings is 1. The molecule has 2 atom stereocenters. The lowest BCUT2D eigenvalue weighted by Gasteiger charge is -2.35. The summed E-state index contributed by atoms with van der Waals surface area (Å²) in [5.74, 6) is 0.641. The first kappa shape index (κ1) is 20.1. The summed E-state index contributed by atoms with van der Waals surface area (Å²) in [6, 6.07) is 3.84. The van der Waals surface area contributed by atoms with E-state index in [1.807, 2.05) is 30.2 Å². The van der Waals surface area contributed by atoms with E-state index < -0.39 is 0 Å². The van der Waals surface area contributed by atoms with Crippen molar-refractivity contribution in [2.24, 2.45) is 5.16 Å². The van der Waals surface area contributed by atoms with Gasteiger partial charge in [-0.25, -0.2) is 15.0 Å². The fourth-order valence-electron chi connectivity index (χ4n) is 4.46. The van der Waals surface area contributed by atoms with E-state index >= 15 is 0 Å². The van der Waals surface area contributed by atoms with Gasteiger partial charge in [0.2, 0.25) is 0 Å². The lowest BCUT2D eigenvalue weighted by atomic mass is 9.99. The maximum atomic E-state index is 13.1. The van der Waals surface area contributed by atoms with Crippen molar-refractivity contribution >= 4 is 45.2 Å². The van der Waals surface area contributed by atoms with Gasteiger partial charge in [-0.1, -0.05) is 5.16 Å². The van der Waals surface area contributed by atoms with Crippen LogP contribution in [0.4, 0.5) is 10.9 Å². The minimum Gasteiger partial charge on any atom is -0.411 e. The number of aromatic nitrogens is 3. The molecule has 0 saturated carbocycles. The molecule has 1 amide bonds. The number of nitrogens with one attached hydrogen (secondary N) is 1. The summed E-state index contributed by atoms with van der Waals surface area (Å²) < 4.78 is 0. The Hall–Kier alpha value is -2.85. The van der Waals surface area contributed by atoms with E-state index in [1.54, 1.807) is 23.6 Å². The van der Waals surface area contributed by atoms with E-state index in [-0.39, 0.29) is 18.0 Å². The zero-order valence-electron chi connectivity index (χ0n) is 17.2. The number of thiazole rings is 2. The Balaban J connectivity index is 1.28. The van der Waals surface area contributed by atoms with Gasteiger partial charge in [0, 0.05) is 36.5 Å². The number of anilines is 2. The molecule has 0 radical (unpaired) electrons. The molecule has 5 rings (SSSR count). The summed E-state index contributed by atoms with van der Waals surface area (Å²) in [4.78, 5) is 29.7. The van der Waals surface area contributed by atoms with Crippen LogP contribution in [0.3, 0.4) is 0 Å². The van der Waals surface area contributed by atoms with Crippen molar-refractivity contribution in [3.05, 3.63) is 40.0 Å². The summed E-state index contributed by atoms with van der Waals surface area (Å²) in [5, 5.41) is 19.5. The third kappa shape index (κ3) is 3.81. The normalized spacial score (nSPS) is 21.6. The largest absolute Gasteiger partial charge is 0.411 e. The predicted octanol–water partition coefficient (Wildman–Crippen LogP) is 4.62. The molecular weight excluding hydrogens is 432 g/mol. The number of carbonyl (C=O) groups excluding carboxylic acids is 1. The summed E-state index contributed by atoms with van der Waals surface area (Å²) >= 11 is 3.15. The van der Waals surface area contributed by atoms with Gasteiger partial charge in [0.1, 0.15) is 5.82 Å². The highest BCUT2D eigenvalue weighted by Gasteiger charge is 2.42. The third-order valence-corrected chi connectivity index (χ3v) is 7.68. The number of aryl methyl sites for hydroxylation is 2. The third-order valence-electron chi connectivity index (χ3n) is 5.82. The second kappa shape index (κ2) is 8.01. The molecule has 0 spiro atoms. The van der Waals surface area contributed by atoms with Gasteiger partial charge in [-0.2, -0.15) is 0 Å². The average Bonchev–Trinajstić information content (AvgIpc) is 3.43. The van der Waals surface area contributed by atoms with Crippen LogP contribution in [0.1, 0.15) is 46.7 Å². The summed E-state index contributed by atoms with van der Waals surface area (Å²) in [6.07, 6.45) is 4.82. The molecule has 2 aliphatic rings. The molecule has 160 valence electrons. The van der Waals surface area contributed by atoms with Crippen LogP contribution < -0.4 is 5.32 Å². The van der Waals surface area contributed by atoms with E-state index in [9.17, 15) is 4.79 Å². The number of piperidine rings is 1. The van der Waals surface area contributed by atoms with Crippen LogP contribution in [0.2, 0.25) is 0 Å². The van der Waals surface area contributed by atoms with Crippen molar-refractivity contribution in [1.29, 1.82) is 0 Å². The number of hydrogen-bond acceptors (Lipinski definition) is 9. The Labute approximate surface area is 187 Å². The number of rotatable bonds is 4. The zero-order valence-corrected chi connectivity index (χ0v) is 18.8. The van der Waals surface area contributed by atoms with Gasteiger partial charge >= 0.3 is 0 Å². The SMILES string of the molecule is Cc1nc(C)c(-c2csc(Nc3ccc(C(=O)N4[C@@H]5CC[C@H]4CC(=NO)C5)cn3)n2)s1. The van der Waals surface area contributed by atoms with Gasteiger partial charge in [0.05, 0.1) is 32.5 Å². The van der Waals surface area contributed by atoms with Crippen molar-refractivity contribution in [2.45, 2.75) is 51.6 Å². The number of oxime groups is 1. The Morgan fingerprint density at radius 2 is 2.00 bits per heavy atom. The molecule has 2 saturated heterocycles. The molecule has 5 heterocycles. The predicted molar refractivity (Wildman–Crippen MR) is 122 cm³/mol. The molecule has 2 aliphatic heterocycles. The van der Waals surface area contributed by atoms with Gasteiger partial charge in [-0.05, 0) is 38.8 Å². The van der Waals surface area contributed by atoms with Gasteiger partial charge in [-0.3, -0.25) is 4.79 Å². The van der Waals surface area contributed by atoms with Gasteiger partial charge in [0.15, 0.2) is 5.13 Å². The molecule has 31 heavy (non-hydrogen) atoms. The standard InChI is InChI=1S/C21H22N6O2S2/c1-11-19(31-12(2)23-11)17-10-30-21(24-17)25-18-6-3-13(9-22-18)20(28)27-15-4-5-16(27)8-14(7-15)26-29/h3,6,9-10,15-16,29H,4-5,7-8H2,1-2H3,(H,22,24,25)/t15-,16+. The van der Waals surface area contributed by atoms with Crippen molar-refractivity contribution in [3.8, 4) is 10.6 Å². The molecule has 3 aromatic heterocycles. The highest BCUT2D eigenvalue weighted by Crippen LogP contribution is 2.36. The highest BCUT2D eigenvalue weighted by atomic mass is 32.1. The number of fused-ring (bicyclic) bond motifs is 2. The van der Waals surface area contributed by atoms with Crippen molar-refractivity contribution < 1.29 is 10.0 Å². The van der Waals surface area contributed by atoms with E-state index in [2.05, 4.69) is 25.4 Å². The number of amides is 1.